The van der Waals surface area contributed by atoms with Crippen LogP contribution in [0.4, 0.5) is 0 Å². The maximum Gasteiger partial charge on any atom is 0.111 e. The van der Waals surface area contributed by atoms with Gasteiger partial charge in [0.15, 0.2) is 0 Å². The minimum absolute atomic E-state index is 0.0365. The van der Waals surface area contributed by atoms with Crippen LogP contribution in [0.15, 0.2) is 0 Å². The normalized spacial score (nSPS) is 46.4. The minimum atomic E-state index is -1.34. The van der Waals surface area contributed by atoms with E-state index < -0.39 is 37.1 Å². The van der Waals surface area contributed by atoms with Crippen molar-refractivity contribution >= 4 is 0 Å². The highest BCUT2D eigenvalue weighted by molar-refractivity contribution is 4.93. The molecule has 2 saturated heterocycles. The molecule has 118 valence electrons. The molecular formula is C13H24O7. The minimum Gasteiger partial charge on any atom is -0.394 e. The second-order valence-electron chi connectivity index (χ2n) is 5.60. The summed E-state index contributed by atoms with van der Waals surface area (Å²) in [5.74, 6) is 0. The highest BCUT2D eigenvalue weighted by Gasteiger charge is 2.44. The second-order valence-corrected chi connectivity index (χ2v) is 5.60. The SMILES string of the molecule is OC[C@@H]1CCC[C@H](C[C@H]2O[C@H](CO)[C@@H](O)[C@H](O)[C@H]2O)O1. The number of hydrogen-bond donors (Lipinski definition) is 5. The highest BCUT2D eigenvalue weighted by Crippen LogP contribution is 2.28. The number of aliphatic hydroxyl groups excluding tert-OH is 5. The summed E-state index contributed by atoms with van der Waals surface area (Å²) in [7, 11) is 0. The fraction of sp³-hybridized carbons (Fsp3) is 1.00. The lowest BCUT2D eigenvalue weighted by Crippen LogP contribution is -2.59. The van der Waals surface area contributed by atoms with Crippen LogP contribution in [0.25, 0.3) is 0 Å². The average Bonchev–Trinajstić information content (AvgIpc) is 2.48. The van der Waals surface area contributed by atoms with E-state index in [0.29, 0.717) is 6.42 Å². The Balaban J connectivity index is 1.93. The predicted molar refractivity (Wildman–Crippen MR) is 68.0 cm³/mol. The van der Waals surface area contributed by atoms with Gasteiger partial charge in [0.05, 0.1) is 31.5 Å². The number of hydrogen-bond acceptors (Lipinski definition) is 7. The Morgan fingerprint density at radius 1 is 0.750 bits per heavy atom. The Labute approximate surface area is 117 Å². The molecule has 0 aromatic heterocycles. The molecule has 2 aliphatic rings. The first-order chi connectivity index (χ1) is 9.56. The highest BCUT2D eigenvalue weighted by atomic mass is 16.5. The topological polar surface area (TPSA) is 120 Å². The molecule has 2 rings (SSSR count). The quantitative estimate of drug-likeness (QED) is 0.412. The molecule has 7 atom stereocenters. The summed E-state index contributed by atoms with van der Waals surface area (Å²) < 4.78 is 11.1. The number of ether oxygens (including phenoxy) is 2. The van der Waals surface area contributed by atoms with Crippen LogP contribution in [0.1, 0.15) is 25.7 Å². The Bertz CT molecular complexity index is 298. The van der Waals surface area contributed by atoms with Crippen LogP contribution in [0.5, 0.6) is 0 Å². The third-order valence-electron chi connectivity index (χ3n) is 4.13. The van der Waals surface area contributed by atoms with Gasteiger partial charge in [0.25, 0.3) is 0 Å². The lowest BCUT2D eigenvalue weighted by atomic mass is 9.90. The van der Waals surface area contributed by atoms with Crippen LogP contribution in [0, 0.1) is 0 Å². The van der Waals surface area contributed by atoms with Crippen LogP contribution in [0.3, 0.4) is 0 Å². The van der Waals surface area contributed by atoms with E-state index >= 15 is 0 Å². The van der Waals surface area contributed by atoms with E-state index in [-0.39, 0.29) is 18.8 Å². The zero-order valence-corrected chi connectivity index (χ0v) is 11.3. The van der Waals surface area contributed by atoms with Gasteiger partial charge in [0.2, 0.25) is 0 Å². The van der Waals surface area contributed by atoms with Crippen molar-refractivity contribution in [3.8, 4) is 0 Å². The van der Waals surface area contributed by atoms with Crippen LogP contribution in [0.2, 0.25) is 0 Å². The van der Waals surface area contributed by atoms with Crippen molar-refractivity contribution in [2.75, 3.05) is 13.2 Å². The van der Waals surface area contributed by atoms with Crippen LogP contribution in [-0.4, -0.2) is 81.5 Å². The fourth-order valence-corrected chi connectivity index (χ4v) is 2.92. The van der Waals surface area contributed by atoms with Crippen molar-refractivity contribution in [3.63, 3.8) is 0 Å². The first kappa shape index (κ1) is 16.1. The van der Waals surface area contributed by atoms with Gasteiger partial charge in [0, 0.05) is 6.42 Å². The number of aliphatic hydroxyl groups is 5. The van der Waals surface area contributed by atoms with Crippen molar-refractivity contribution in [2.24, 2.45) is 0 Å². The second kappa shape index (κ2) is 7.13. The Hall–Kier alpha value is -0.280. The lowest BCUT2D eigenvalue weighted by Gasteiger charge is -2.42. The standard InChI is InChI=1S/C13H24O7/c14-5-8-3-1-2-7(19-8)4-9-11(16)13(18)12(17)10(6-15)20-9/h7-18H,1-6H2/t7-,8+,9-,10-,11+,12-,13-/m1/s1. The molecular weight excluding hydrogens is 268 g/mol. The summed E-state index contributed by atoms with van der Waals surface area (Å²) in [6.45, 7) is -0.461. The van der Waals surface area contributed by atoms with E-state index in [1.165, 1.54) is 0 Å². The molecule has 0 spiro atoms. The van der Waals surface area contributed by atoms with Crippen molar-refractivity contribution in [1.82, 2.24) is 0 Å². The zero-order chi connectivity index (χ0) is 14.7. The third-order valence-corrected chi connectivity index (χ3v) is 4.13. The van der Waals surface area contributed by atoms with Crippen molar-refractivity contribution in [1.29, 1.82) is 0 Å². The Morgan fingerprint density at radius 3 is 2.05 bits per heavy atom. The Kier molecular flexibility index (Phi) is 5.74. The molecule has 2 aliphatic heterocycles. The molecule has 0 radical (unpaired) electrons. The summed E-state index contributed by atoms with van der Waals surface area (Å²) >= 11 is 0. The molecule has 2 heterocycles. The van der Waals surface area contributed by atoms with E-state index in [1.54, 1.807) is 0 Å². The molecule has 7 heteroatoms. The van der Waals surface area contributed by atoms with Crippen molar-refractivity contribution in [2.45, 2.75) is 68.4 Å². The van der Waals surface area contributed by atoms with Gasteiger partial charge in [-0.2, -0.15) is 0 Å². The van der Waals surface area contributed by atoms with Gasteiger partial charge in [-0.3, -0.25) is 0 Å². The summed E-state index contributed by atoms with van der Waals surface area (Å²) in [5.41, 5.74) is 0. The van der Waals surface area contributed by atoms with E-state index in [9.17, 15) is 15.3 Å². The molecule has 0 bridgehead atoms. The molecule has 0 amide bonds. The lowest BCUT2D eigenvalue weighted by molar-refractivity contribution is -0.238. The third kappa shape index (κ3) is 3.48. The first-order valence-electron chi connectivity index (χ1n) is 7.13. The summed E-state index contributed by atoms with van der Waals surface area (Å²) in [4.78, 5) is 0. The summed E-state index contributed by atoms with van der Waals surface area (Å²) in [6, 6.07) is 0. The van der Waals surface area contributed by atoms with Gasteiger partial charge in [-0.15, -0.1) is 0 Å². The van der Waals surface area contributed by atoms with E-state index in [0.717, 1.165) is 19.3 Å². The first-order valence-corrected chi connectivity index (χ1v) is 7.13. The van der Waals surface area contributed by atoms with Gasteiger partial charge in [-0.05, 0) is 19.3 Å². The van der Waals surface area contributed by atoms with Gasteiger partial charge in [-0.1, -0.05) is 0 Å². The molecule has 7 nitrogen and oxygen atoms in total. The summed E-state index contributed by atoms with van der Waals surface area (Å²) in [5, 5.41) is 47.6. The average molecular weight is 292 g/mol. The predicted octanol–water partition coefficient (Wildman–Crippen LogP) is -1.85. The van der Waals surface area contributed by atoms with Crippen molar-refractivity contribution < 1.29 is 35.0 Å². The summed E-state index contributed by atoms with van der Waals surface area (Å²) in [6.07, 6.45) is -2.94. The molecule has 0 unspecified atom stereocenters. The Morgan fingerprint density at radius 2 is 1.40 bits per heavy atom. The van der Waals surface area contributed by atoms with Crippen LogP contribution in [-0.2, 0) is 9.47 Å². The molecule has 0 aromatic carbocycles. The molecule has 0 aliphatic carbocycles. The maximum atomic E-state index is 9.95. The van der Waals surface area contributed by atoms with Crippen LogP contribution >= 0.6 is 0 Å². The van der Waals surface area contributed by atoms with Crippen molar-refractivity contribution in [3.05, 3.63) is 0 Å². The molecule has 20 heavy (non-hydrogen) atoms. The molecule has 5 N–H and O–H groups in total. The maximum absolute atomic E-state index is 9.95. The zero-order valence-electron chi connectivity index (χ0n) is 11.3. The fourth-order valence-electron chi connectivity index (χ4n) is 2.92. The largest absolute Gasteiger partial charge is 0.394 e. The van der Waals surface area contributed by atoms with Crippen LogP contribution < -0.4 is 0 Å². The van der Waals surface area contributed by atoms with Gasteiger partial charge >= 0.3 is 0 Å². The van der Waals surface area contributed by atoms with Gasteiger partial charge in [0.1, 0.15) is 24.4 Å². The van der Waals surface area contributed by atoms with Gasteiger partial charge < -0.3 is 35.0 Å². The smallest absolute Gasteiger partial charge is 0.111 e. The van der Waals surface area contributed by atoms with Gasteiger partial charge in [-0.25, -0.2) is 0 Å². The van der Waals surface area contributed by atoms with E-state index in [4.69, 9.17) is 19.7 Å². The van der Waals surface area contributed by atoms with E-state index in [1.807, 2.05) is 0 Å². The number of rotatable bonds is 4. The molecule has 2 fully saturated rings. The monoisotopic (exact) mass is 292 g/mol. The molecule has 0 aromatic rings. The molecule has 0 saturated carbocycles. The van der Waals surface area contributed by atoms with E-state index in [2.05, 4.69) is 0 Å².